The monoisotopic (exact) mass is 234 g/mol. The van der Waals surface area contributed by atoms with Crippen LogP contribution in [0.1, 0.15) is 31.2 Å². The maximum atomic E-state index is 4.23. The summed E-state index contributed by atoms with van der Waals surface area (Å²) in [5.74, 6) is 0.732. The second kappa shape index (κ2) is 5.96. The molecular formula is C13H22N4. The zero-order valence-corrected chi connectivity index (χ0v) is 10.8. The Labute approximate surface area is 103 Å². The number of hydrogen-bond donors (Lipinski definition) is 1. The molecular weight excluding hydrogens is 212 g/mol. The molecule has 0 aromatic carbocycles. The van der Waals surface area contributed by atoms with E-state index in [1.165, 1.54) is 25.7 Å². The molecule has 0 spiro atoms. The number of rotatable bonds is 5. The van der Waals surface area contributed by atoms with Gasteiger partial charge < -0.3 is 10.2 Å². The molecule has 1 aliphatic carbocycles. The van der Waals surface area contributed by atoms with Crippen molar-refractivity contribution in [1.29, 1.82) is 0 Å². The second-order valence-corrected chi connectivity index (χ2v) is 4.93. The van der Waals surface area contributed by atoms with Crippen molar-refractivity contribution in [3.63, 3.8) is 0 Å². The maximum Gasteiger partial charge on any atom is 0.222 e. The second-order valence-electron chi connectivity index (χ2n) is 4.93. The number of hydrogen-bond acceptors (Lipinski definition) is 4. The predicted molar refractivity (Wildman–Crippen MR) is 70.1 cm³/mol. The van der Waals surface area contributed by atoms with E-state index in [0.717, 1.165) is 30.6 Å². The zero-order chi connectivity index (χ0) is 12.1. The highest BCUT2D eigenvalue weighted by Gasteiger charge is 2.18. The van der Waals surface area contributed by atoms with Crippen LogP contribution in [0.15, 0.2) is 12.4 Å². The minimum absolute atomic E-state index is 0.732. The maximum absolute atomic E-state index is 4.23. The molecule has 0 amide bonds. The summed E-state index contributed by atoms with van der Waals surface area (Å²) in [6, 6.07) is 0.788. The highest BCUT2D eigenvalue weighted by molar-refractivity contribution is 5.23. The quantitative estimate of drug-likeness (QED) is 0.847. The van der Waals surface area contributed by atoms with Crippen molar-refractivity contribution in [2.45, 2.75) is 38.6 Å². The number of anilines is 1. The van der Waals surface area contributed by atoms with Crippen molar-refractivity contribution in [3.8, 4) is 0 Å². The predicted octanol–water partition coefficient (Wildman–Crippen LogP) is 2.07. The van der Waals surface area contributed by atoms with E-state index in [4.69, 9.17) is 0 Å². The van der Waals surface area contributed by atoms with Crippen LogP contribution in [0, 0.1) is 6.92 Å². The van der Waals surface area contributed by atoms with E-state index < -0.39 is 0 Å². The zero-order valence-electron chi connectivity index (χ0n) is 10.8. The van der Waals surface area contributed by atoms with Crippen LogP contribution in [0.4, 0.5) is 5.95 Å². The fourth-order valence-corrected chi connectivity index (χ4v) is 2.36. The lowest BCUT2D eigenvalue weighted by atomic mass is 10.2. The van der Waals surface area contributed by atoms with Crippen molar-refractivity contribution in [3.05, 3.63) is 18.0 Å². The first-order valence-corrected chi connectivity index (χ1v) is 6.48. The standard InChI is InChI=1S/C13H22N4/c1-11-9-15-13(16-10-11)14-7-8-17(2)12-5-3-4-6-12/h9-10,12H,3-8H2,1-2H3,(H,14,15,16). The van der Waals surface area contributed by atoms with E-state index in [-0.39, 0.29) is 0 Å². The molecule has 0 aliphatic heterocycles. The summed E-state index contributed by atoms with van der Waals surface area (Å²) in [7, 11) is 2.22. The highest BCUT2D eigenvalue weighted by Crippen LogP contribution is 2.21. The summed E-state index contributed by atoms with van der Waals surface area (Å²) in [5, 5.41) is 3.26. The van der Waals surface area contributed by atoms with E-state index in [9.17, 15) is 0 Å². The molecule has 1 heterocycles. The average molecular weight is 234 g/mol. The molecule has 1 aromatic rings. The van der Waals surface area contributed by atoms with Crippen molar-refractivity contribution in [2.24, 2.45) is 0 Å². The lowest BCUT2D eigenvalue weighted by molar-refractivity contribution is 0.254. The topological polar surface area (TPSA) is 41.1 Å². The minimum atomic E-state index is 0.732. The Bertz CT molecular complexity index is 330. The number of aryl methyl sites for hydroxylation is 1. The van der Waals surface area contributed by atoms with Crippen LogP contribution in [0.3, 0.4) is 0 Å². The largest absolute Gasteiger partial charge is 0.353 e. The summed E-state index contributed by atoms with van der Waals surface area (Å²) >= 11 is 0. The summed E-state index contributed by atoms with van der Waals surface area (Å²) in [6.45, 7) is 3.97. The number of nitrogens with one attached hydrogen (secondary N) is 1. The van der Waals surface area contributed by atoms with Crippen LogP contribution in [-0.4, -0.2) is 41.0 Å². The Hall–Kier alpha value is -1.16. The molecule has 1 aromatic heterocycles. The Kier molecular flexibility index (Phi) is 4.31. The minimum Gasteiger partial charge on any atom is -0.353 e. The van der Waals surface area contributed by atoms with Gasteiger partial charge >= 0.3 is 0 Å². The SMILES string of the molecule is Cc1cnc(NCCN(C)C2CCCC2)nc1. The van der Waals surface area contributed by atoms with Crippen LogP contribution in [0.5, 0.6) is 0 Å². The van der Waals surface area contributed by atoms with Gasteiger partial charge in [-0.25, -0.2) is 9.97 Å². The molecule has 1 N–H and O–H groups in total. The van der Waals surface area contributed by atoms with Crippen LogP contribution in [-0.2, 0) is 0 Å². The van der Waals surface area contributed by atoms with Crippen LogP contribution < -0.4 is 5.32 Å². The van der Waals surface area contributed by atoms with Gasteiger partial charge in [0.05, 0.1) is 0 Å². The van der Waals surface area contributed by atoms with Gasteiger partial charge in [0.2, 0.25) is 5.95 Å². The van der Waals surface area contributed by atoms with E-state index in [1.807, 2.05) is 19.3 Å². The summed E-state index contributed by atoms with van der Waals surface area (Å²) < 4.78 is 0. The Morgan fingerprint density at radius 1 is 1.29 bits per heavy atom. The van der Waals surface area contributed by atoms with E-state index in [0.29, 0.717) is 0 Å². The van der Waals surface area contributed by atoms with Crippen molar-refractivity contribution in [1.82, 2.24) is 14.9 Å². The number of likely N-dealkylation sites (N-methyl/N-ethyl adjacent to an activating group) is 1. The van der Waals surface area contributed by atoms with Gasteiger partial charge in [-0.3, -0.25) is 0 Å². The Morgan fingerprint density at radius 2 is 1.94 bits per heavy atom. The van der Waals surface area contributed by atoms with E-state index in [2.05, 4.69) is 27.2 Å². The molecule has 0 bridgehead atoms. The summed E-state index contributed by atoms with van der Waals surface area (Å²) in [6.07, 6.45) is 9.19. The molecule has 1 saturated carbocycles. The molecule has 94 valence electrons. The van der Waals surface area contributed by atoms with Gasteiger partial charge in [-0.15, -0.1) is 0 Å². The van der Waals surface area contributed by atoms with E-state index >= 15 is 0 Å². The molecule has 4 nitrogen and oxygen atoms in total. The normalized spacial score (nSPS) is 16.6. The van der Waals surface area contributed by atoms with Gasteiger partial charge in [-0.05, 0) is 32.4 Å². The lowest BCUT2D eigenvalue weighted by Gasteiger charge is -2.23. The van der Waals surface area contributed by atoms with Gasteiger partial charge in [0, 0.05) is 31.5 Å². The fourth-order valence-electron chi connectivity index (χ4n) is 2.36. The fraction of sp³-hybridized carbons (Fsp3) is 0.692. The molecule has 0 radical (unpaired) electrons. The highest BCUT2D eigenvalue weighted by atomic mass is 15.2. The van der Waals surface area contributed by atoms with Crippen LogP contribution >= 0.6 is 0 Å². The molecule has 1 fully saturated rings. The molecule has 2 rings (SSSR count). The van der Waals surface area contributed by atoms with Crippen LogP contribution in [0.25, 0.3) is 0 Å². The molecule has 0 saturated heterocycles. The number of nitrogens with zero attached hydrogens (tertiary/aromatic N) is 3. The first-order valence-electron chi connectivity index (χ1n) is 6.48. The molecule has 4 heteroatoms. The third kappa shape index (κ3) is 3.66. The van der Waals surface area contributed by atoms with Gasteiger partial charge in [-0.1, -0.05) is 12.8 Å². The Morgan fingerprint density at radius 3 is 2.59 bits per heavy atom. The van der Waals surface area contributed by atoms with Gasteiger partial charge in [0.1, 0.15) is 0 Å². The molecule has 17 heavy (non-hydrogen) atoms. The van der Waals surface area contributed by atoms with Crippen molar-refractivity contribution in [2.75, 3.05) is 25.5 Å². The lowest BCUT2D eigenvalue weighted by Crippen LogP contribution is -2.33. The van der Waals surface area contributed by atoms with Crippen molar-refractivity contribution < 1.29 is 0 Å². The Balaban J connectivity index is 1.70. The summed E-state index contributed by atoms with van der Waals surface area (Å²) in [4.78, 5) is 10.9. The van der Waals surface area contributed by atoms with Crippen LogP contribution in [0.2, 0.25) is 0 Å². The third-order valence-corrected chi connectivity index (χ3v) is 3.48. The van der Waals surface area contributed by atoms with E-state index in [1.54, 1.807) is 0 Å². The first kappa shape index (κ1) is 12.3. The van der Waals surface area contributed by atoms with Gasteiger partial charge in [-0.2, -0.15) is 0 Å². The van der Waals surface area contributed by atoms with Crippen molar-refractivity contribution >= 4 is 5.95 Å². The average Bonchev–Trinajstić information content (AvgIpc) is 2.85. The first-order chi connectivity index (χ1) is 8.25. The third-order valence-electron chi connectivity index (χ3n) is 3.48. The smallest absolute Gasteiger partial charge is 0.222 e. The van der Waals surface area contributed by atoms with Gasteiger partial charge in [0.25, 0.3) is 0 Å². The summed E-state index contributed by atoms with van der Waals surface area (Å²) in [5.41, 5.74) is 1.10. The molecule has 0 unspecified atom stereocenters. The van der Waals surface area contributed by atoms with Gasteiger partial charge in [0.15, 0.2) is 0 Å². The number of aromatic nitrogens is 2. The molecule has 1 aliphatic rings. The molecule has 0 atom stereocenters.